The Labute approximate surface area is 163 Å². The van der Waals surface area contributed by atoms with Crippen molar-refractivity contribution in [2.24, 2.45) is 0 Å². The maximum atomic E-state index is 12.3. The number of carbonyl (C=O) groups excluding carboxylic acids is 1. The third-order valence-electron chi connectivity index (χ3n) is 5.47. The van der Waals surface area contributed by atoms with Crippen LogP contribution in [0.1, 0.15) is 53.0 Å². The summed E-state index contributed by atoms with van der Waals surface area (Å²) >= 11 is 0. The van der Waals surface area contributed by atoms with Crippen molar-refractivity contribution >= 4 is 6.09 Å². The van der Waals surface area contributed by atoms with E-state index in [1.54, 1.807) is 11.8 Å². The molecule has 0 aliphatic carbocycles. The maximum Gasteiger partial charge on any atom is 0.410 e. The first-order valence-electron chi connectivity index (χ1n) is 9.57. The largest absolute Gasteiger partial charge is 0.444 e. The first-order chi connectivity index (χ1) is 12.9. The van der Waals surface area contributed by atoms with Crippen LogP contribution in [0.4, 0.5) is 4.79 Å². The molecular weight excluding hydrogens is 366 g/mol. The van der Waals surface area contributed by atoms with Gasteiger partial charge < -0.3 is 19.5 Å². The van der Waals surface area contributed by atoms with E-state index in [1.807, 2.05) is 20.8 Å². The lowest BCUT2D eigenvalue weighted by Gasteiger charge is -2.50. The first kappa shape index (κ1) is 20.6. The Kier molecular flexibility index (Phi) is 5.18. The molecule has 0 saturated carbocycles. The summed E-state index contributed by atoms with van der Waals surface area (Å²) in [7, 11) is 0. The number of H-pyrrole nitrogens is 1. The van der Waals surface area contributed by atoms with E-state index < -0.39 is 34.1 Å². The van der Waals surface area contributed by atoms with Crippen molar-refractivity contribution in [3.8, 4) is 0 Å². The number of aromatic nitrogens is 2. The van der Waals surface area contributed by atoms with Gasteiger partial charge in [0.15, 0.2) is 0 Å². The van der Waals surface area contributed by atoms with Crippen LogP contribution in [0.5, 0.6) is 0 Å². The molecule has 2 fully saturated rings. The highest BCUT2D eigenvalue weighted by molar-refractivity contribution is 5.68. The lowest BCUT2D eigenvalue weighted by atomic mass is 9.77. The summed E-state index contributed by atoms with van der Waals surface area (Å²) in [6, 6.07) is 0.726. The number of rotatable bonds is 1. The highest BCUT2D eigenvalue weighted by Crippen LogP contribution is 2.43. The number of nitrogens with one attached hydrogen (secondary N) is 1. The molecule has 0 bridgehead atoms. The molecule has 28 heavy (non-hydrogen) atoms. The second kappa shape index (κ2) is 7.04. The Morgan fingerprint density at radius 1 is 1.32 bits per heavy atom. The fourth-order valence-corrected chi connectivity index (χ4v) is 3.87. The number of amides is 1. The van der Waals surface area contributed by atoms with Crippen molar-refractivity contribution < 1.29 is 19.4 Å². The van der Waals surface area contributed by atoms with Crippen molar-refractivity contribution in [1.29, 1.82) is 0 Å². The zero-order chi connectivity index (χ0) is 20.7. The second-order valence-corrected chi connectivity index (χ2v) is 9.03. The molecule has 1 spiro atoms. The van der Waals surface area contributed by atoms with Gasteiger partial charge in [-0.1, -0.05) is 0 Å². The SMILES string of the molecule is CC(C)(C)OC(=O)N1CCC2(CC1)C[C@H](n1ccc(=O)[nH]c1=O)[C@@](C)(O)CO2. The number of piperidine rings is 1. The van der Waals surface area contributed by atoms with Crippen molar-refractivity contribution in [3.63, 3.8) is 0 Å². The molecule has 2 aliphatic rings. The number of hydrogen-bond acceptors (Lipinski definition) is 6. The summed E-state index contributed by atoms with van der Waals surface area (Å²) in [6.07, 6.45) is 2.63. The predicted octanol–water partition coefficient (Wildman–Crippen LogP) is 1.02. The molecule has 9 nitrogen and oxygen atoms in total. The van der Waals surface area contributed by atoms with E-state index in [-0.39, 0.29) is 12.7 Å². The standard InChI is InChI=1S/C19H29N3O6/c1-17(2,3)28-16(25)21-9-6-19(7-10-21)11-13(18(4,26)12-27-19)22-8-5-14(23)20-15(22)24/h5,8,13,26H,6-7,9-12H2,1-4H3,(H,20,23,24)/t13-,18-/m0/s1. The highest BCUT2D eigenvalue weighted by atomic mass is 16.6. The van der Waals surface area contributed by atoms with Gasteiger partial charge in [-0.2, -0.15) is 0 Å². The van der Waals surface area contributed by atoms with Gasteiger partial charge in [0.25, 0.3) is 5.56 Å². The molecule has 1 aromatic rings. The quantitative estimate of drug-likeness (QED) is 0.734. The monoisotopic (exact) mass is 395 g/mol. The molecule has 2 saturated heterocycles. The van der Waals surface area contributed by atoms with Gasteiger partial charge >= 0.3 is 11.8 Å². The molecule has 2 aliphatic heterocycles. The molecule has 0 aromatic carbocycles. The lowest BCUT2D eigenvalue weighted by Crippen LogP contribution is -2.59. The van der Waals surface area contributed by atoms with Gasteiger partial charge in [-0.25, -0.2) is 9.59 Å². The number of ether oxygens (including phenoxy) is 2. The van der Waals surface area contributed by atoms with Crippen LogP contribution in [0.2, 0.25) is 0 Å². The van der Waals surface area contributed by atoms with Crippen LogP contribution in [-0.2, 0) is 9.47 Å². The van der Waals surface area contributed by atoms with Crippen LogP contribution in [0, 0.1) is 0 Å². The van der Waals surface area contributed by atoms with Gasteiger partial charge in [-0.05, 0) is 40.5 Å². The molecule has 2 N–H and O–H groups in total. The molecule has 156 valence electrons. The van der Waals surface area contributed by atoms with E-state index >= 15 is 0 Å². The van der Waals surface area contributed by atoms with Crippen molar-refractivity contribution in [2.45, 2.75) is 69.8 Å². The van der Waals surface area contributed by atoms with Gasteiger partial charge in [0.05, 0.1) is 18.2 Å². The van der Waals surface area contributed by atoms with Crippen LogP contribution in [0.3, 0.4) is 0 Å². The summed E-state index contributed by atoms with van der Waals surface area (Å²) in [6.45, 7) is 8.13. The number of likely N-dealkylation sites (tertiary alicyclic amines) is 1. The smallest absolute Gasteiger partial charge is 0.410 e. The zero-order valence-corrected chi connectivity index (χ0v) is 16.9. The summed E-state index contributed by atoms with van der Waals surface area (Å²) in [4.78, 5) is 39.8. The number of hydrogen-bond donors (Lipinski definition) is 2. The number of aromatic amines is 1. The minimum atomic E-state index is -1.25. The molecule has 1 aromatic heterocycles. The summed E-state index contributed by atoms with van der Waals surface area (Å²) in [5.74, 6) is 0. The fourth-order valence-electron chi connectivity index (χ4n) is 3.87. The molecule has 0 radical (unpaired) electrons. The van der Waals surface area contributed by atoms with E-state index in [9.17, 15) is 19.5 Å². The van der Waals surface area contributed by atoms with Crippen LogP contribution in [0.15, 0.2) is 21.9 Å². The second-order valence-electron chi connectivity index (χ2n) is 9.03. The summed E-state index contributed by atoms with van der Waals surface area (Å²) in [5.41, 5.74) is -3.38. The Morgan fingerprint density at radius 3 is 2.54 bits per heavy atom. The molecule has 0 unspecified atom stereocenters. The fraction of sp³-hybridized carbons (Fsp3) is 0.737. The topological polar surface area (TPSA) is 114 Å². The minimum Gasteiger partial charge on any atom is -0.444 e. The van der Waals surface area contributed by atoms with Crippen LogP contribution < -0.4 is 11.2 Å². The van der Waals surface area contributed by atoms with Crippen LogP contribution in [-0.4, -0.2) is 62.2 Å². The molecule has 2 atom stereocenters. The minimum absolute atomic E-state index is 0.0651. The first-order valence-corrected chi connectivity index (χ1v) is 9.57. The van der Waals surface area contributed by atoms with Crippen molar-refractivity contribution in [3.05, 3.63) is 33.1 Å². The Balaban J connectivity index is 1.75. The maximum absolute atomic E-state index is 12.3. The summed E-state index contributed by atoms with van der Waals surface area (Å²) in [5, 5.41) is 10.8. The normalized spacial score (nSPS) is 27.6. The molecule has 9 heteroatoms. The average Bonchev–Trinajstić information content (AvgIpc) is 2.57. The number of carbonyl (C=O) groups is 1. The molecule has 1 amide bonds. The Bertz CT molecular complexity index is 842. The average molecular weight is 395 g/mol. The Morgan fingerprint density at radius 2 is 1.96 bits per heavy atom. The van der Waals surface area contributed by atoms with E-state index in [1.165, 1.54) is 16.8 Å². The van der Waals surface area contributed by atoms with E-state index in [0.717, 1.165) is 0 Å². The van der Waals surface area contributed by atoms with Gasteiger partial charge in [-0.15, -0.1) is 0 Å². The lowest BCUT2D eigenvalue weighted by molar-refractivity contribution is -0.200. The molecule has 3 rings (SSSR count). The van der Waals surface area contributed by atoms with Gasteiger partial charge in [0.1, 0.15) is 11.2 Å². The molecular formula is C19H29N3O6. The van der Waals surface area contributed by atoms with Gasteiger partial charge in [0, 0.05) is 31.8 Å². The Hall–Kier alpha value is -2.13. The third-order valence-corrected chi connectivity index (χ3v) is 5.47. The van der Waals surface area contributed by atoms with Crippen LogP contribution >= 0.6 is 0 Å². The third kappa shape index (κ3) is 4.30. The van der Waals surface area contributed by atoms with Crippen molar-refractivity contribution in [2.75, 3.05) is 19.7 Å². The highest BCUT2D eigenvalue weighted by Gasteiger charge is 2.50. The zero-order valence-electron chi connectivity index (χ0n) is 16.9. The molecule has 3 heterocycles. The predicted molar refractivity (Wildman–Crippen MR) is 101 cm³/mol. The van der Waals surface area contributed by atoms with Crippen LogP contribution in [0.25, 0.3) is 0 Å². The van der Waals surface area contributed by atoms with Gasteiger partial charge in [0.2, 0.25) is 0 Å². The van der Waals surface area contributed by atoms with Gasteiger partial charge in [-0.3, -0.25) is 14.3 Å². The summed E-state index contributed by atoms with van der Waals surface area (Å²) < 4.78 is 12.8. The van der Waals surface area contributed by atoms with E-state index in [0.29, 0.717) is 32.4 Å². The number of nitrogens with zero attached hydrogens (tertiary/aromatic N) is 2. The van der Waals surface area contributed by atoms with Crippen molar-refractivity contribution in [1.82, 2.24) is 14.5 Å². The number of aliphatic hydroxyl groups is 1. The van der Waals surface area contributed by atoms with E-state index in [2.05, 4.69) is 4.98 Å². The van der Waals surface area contributed by atoms with E-state index in [4.69, 9.17) is 9.47 Å².